The summed E-state index contributed by atoms with van der Waals surface area (Å²) in [5, 5.41) is 10.8. The first-order valence-corrected chi connectivity index (χ1v) is 11.1. The van der Waals surface area contributed by atoms with Gasteiger partial charge in [-0.25, -0.2) is 0 Å². The molecule has 0 saturated carbocycles. The van der Waals surface area contributed by atoms with E-state index in [0.717, 1.165) is 42.5 Å². The van der Waals surface area contributed by atoms with Crippen molar-refractivity contribution < 1.29 is 14.6 Å². The molecule has 5 rings (SSSR count). The number of nitrogens with zero attached hydrogens (tertiary/aromatic N) is 2. The van der Waals surface area contributed by atoms with Gasteiger partial charge in [-0.05, 0) is 68.3 Å². The van der Waals surface area contributed by atoms with Crippen LogP contribution >= 0.6 is 0 Å². The van der Waals surface area contributed by atoms with Crippen LogP contribution in [-0.4, -0.2) is 47.4 Å². The minimum atomic E-state index is -0.527. The van der Waals surface area contributed by atoms with Gasteiger partial charge in [0, 0.05) is 32.1 Å². The number of fused-ring (bicyclic) bond motifs is 2. The number of hydrogen-bond acceptors (Lipinski definition) is 5. The molecule has 0 radical (unpaired) electrons. The van der Waals surface area contributed by atoms with E-state index in [1.165, 1.54) is 44.5 Å². The fourth-order valence-corrected chi connectivity index (χ4v) is 5.17. The number of rotatable bonds is 5. The monoisotopic (exact) mass is 396 g/mol. The van der Waals surface area contributed by atoms with E-state index in [-0.39, 0.29) is 6.29 Å². The highest BCUT2D eigenvalue weighted by molar-refractivity contribution is 5.51. The van der Waals surface area contributed by atoms with Crippen LogP contribution in [0.2, 0.25) is 0 Å². The summed E-state index contributed by atoms with van der Waals surface area (Å²) in [6.45, 7) is 7.24. The molecule has 1 saturated heterocycles. The van der Waals surface area contributed by atoms with Crippen molar-refractivity contribution in [2.45, 2.75) is 51.7 Å². The summed E-state index contributed by atoms with van der Waals surface area (Å²) >= 11 is 0. The lowest BCUT2D eigenvalue weighted by Gasteiger charge is -2.34. The molecule has 1 fully saturated rings. The van der Waals surface area contributed by atoms with Crippen molar-refractivity contribution in [1.29, 1.82) is 0 Å². The number of benzene rings is 1. The zero-order valence-electron chi connectivity index (χ0n) is 17.3. The molecule has 0 aromatic heterocycles. The quantitative estimate of drug-likeness (QED) is 0.819. The molecule has 3 unspecified atom stereocenters. The number of aliphatic hydroxyl groups excluding tert-OH is 1. The number of allylic oxidation sites excluding steroid dienone is 3. The number of aliphatic hydroxyl groups is 1. The standard InChI is InChI=1S/C24H32N2O3/c1-17-28-22-13-20-16-26(24(27)21(20)14-23(22)29-17)12-9-18-7-10-25(11-8-18)15-19-5-3-2-4-6-19/h2-5,13-14,17-19,24,27H,6-12,15-16H2,1H3. The predicted octanol–water partition coefficient (Wildman–Crippen LogP) is 3.84. The van der Waals surface area contributed by atoms with Gasteiger partial charge in [-0.1, -0.05) is 24.3 Å². The van der Waals surface area contributed by atoms with Crippen molar-refractivity contribution in [3.05, 3.63) is 47.6 Å². The third kappa shape index (κ3) is 4.09. The summed E-state index contributed by atoms with van der Waals surface area (Å²) in [6, 6.07) is 4.01. The lowest BCUT2D eigenvalue weighted by molar-refractivity contribution is 0.00759. The summed E-state index contributed by atoms with van der Waals surface area (Å²) in [4.78, 5) is 4.82. The third-order valence-corrected chi connectivity index (χ3v) is 6.88. The Morgan fingerprint density at radius 2 is 1.90 bits per heavy atom. The van der Waals surface area contributed by atoms with Crippen LogP contribution in [0.15, 0.2) is 36.4 Å². The van der Waals surface area contributed by atoms with E-state index >= 15 is 0 Å². The third-order valence-electron chi connectivity index (χ3n) is 6.88. The van der Waals surface area contributed by atoms with Crippen LogP contribution in [0, 0.1) is 11.8 Å². The number of piperidine rings is 1. The average Bonchev–Trinajstić information content (AvgIpc) is 3.24. The van der Waals surface area contributed by atoms with Gasteiger partial charge in [0.05, 0.1) is 0 Å². The molecule has 5 heteroatoms. The Kier molecular flexibility index (Phi) is 5.37. The topological polar surface area (TPSA) is 45.2 Å². The smallest absolute Gasteiger partial charge is 0.238 e. The first-order chi connectivity index (χ1) is 14.2. The fraction of sp³-hybridized carbons (Fsp3) is 0.583. The fourth-order valence-electron chi connectivity index (χ4n) is 5.17. The maximum atomic E-state index is 10.8. The van der Waals surface area contributed by atoms with Crippen molar-refractivity contribution in [2.75, 3.05) is 26.2 Å². The molecule has 0 bridgehead atoms. The highest BCUT2D eigenvalue weighted by Crippen LogP contribution is 2.43. The van der Waals surface area contributed by atoms with Gasteiger partial charge in [-0.15, -0.1) is 0 Å². The summed E-state index contributed by atoms with van der Waals surface area (Å²) in [7, 11) is 0. The van der Waals surface area contributed by atoms with Crippen LogP contribution in [0.1, 0.15) is 50.0 Å². The molecule has 3 heterocycles. The number of likely N-dealkylation sites (tertiary alicyclic amines) is 1. The van der Waals surface area contributed by atoms with Crippen LogP contribution in [-0.2, 0) is 6.54 Å². The van der Waals surface area contributed by atoms with Gasteiger partial charge in [-0.2, -0.15) is 0 Å². The maximum absolute atomic E-state index is 10.8. The molecule has 3 atom stereocenters. The molecule has 0 spiro atoms. The highest BCUT2D eigenvalue weighted by Gasteiger charge is 2.33. The van der Waals surface area contributed by atoms with Crippen LogP contribution < -0.4 is 9.47 Å². The molecule has 1 aromatic rings. The van der Waals surface area contributed by atoms with Gasteiger partial charge < -0.3 is 19.5 Å². The number of ether oxygens (including phenoxy) is 2. The van der Waals surface area contributed by atoms with Gasteiger partial charge in [-0.3, -0.25) is 4.90 Å². The summed E-state index contributed by atoms with van der Waals surface area (Å²) < 4.78 is 11.4. The summed E-state index contributed by atoms with van der Waals surface area (Å²) in [6.07, 6.45) is 13.1. The zero-order chi connectivity index (χ0) is 19.8. The average molecular weight is 397 g/mol. The van der Waals surface area contributed by atoms with Crippen molar-refractivity contribution in [3.8, 4) is 11.5 Å². The Bertz CT molecular complexity index is 798. The van der Waals surface area contributed by atoms with E-state index < -0.39 is 6.23 Å². The molecule has 0 amide bonds. The Balaban J connectivity index is 1.09. The van der Waals surface area contributed by atoms with Crippen LogP contribution in [0.25, 0.3) is 0 Å². The predicted molar refractivity (Wildman–Crippen MR) is 113 cm³/mol. The highest BCUT2D eigenvalue weighted by atomic mass is 16.7. The first kappa shape index (κ1) is 19.2. The van der Waals surface area contributed by atoms with E-state index in [4.69, 9.17) is 9.47 Å². The van der Waals surface area contributed by atoms with Gasteiger partial charge in [0.1, 0.15) is 6.23 Å². The second kappa shape index (κ2) is 8.13. The molecular weight excluding hydrogens is 364 g/mol. The molecule has 4 aliphatic rings. The van der Waals surface area contributed by atoms with Crippen LogP contribution in [0.3, 0.4) is 0 Å². The lowest BCUT2D eigenvalue weighted by atomic mass is 9.92. The van der Waals surface area contributed by atoms with Gasteiger partial charge >= 0.3 is 0 Å². The minimum Gasteiger partial charge on any atom is -0.451 e. The second-order valence-corrected chi connectivity index (χ2v) is 8.99. The minimum absolute atomic E-state index is 0.239. The van der Waals surface area contributed by atoms with Crippen molar-refractivity contribution >= 4 is 0 Å². The van der Waals surface area contributed by atoms with Crippen molar-refractivity contribution in [2.24, 2.45) is 11.8 Å². The molecule has 5 nitrogen and oxygen atoms in total. The van der Waals surface area contributed by atoms with E-state index in [0.29, 0.717) is 5.92 Å². The molecule has 1 aromatic carbocycles. The molecule has 156 valence electrons. The normalized spacial score (nSPS) is 29.5. The first-order valence-electron chi connectivity index (χ1n) is 11.1. The van der Waals surface area contributed by atoms with Crippen molar-refractivity contribution in [3.63, 3.8) is 0 Å². The van der Waals surface area contributed by atoms with E-state index in [1.807, 2.05) is 19.1 Å². The van der Waals surface area contributed by atoms with Crippen molar-refractivity contribution in [1.82, 2.24) is 9.80 Å². The lowest BCUT2D eigenvalue weighted by Crippen LogP contribution is -2.37. The van der Waals surface area contributed by atoms with E-state index in [2.05, 4.69) is 34.1 Å². The van der Waals surface area contributed by atoms with E-state index in [1.54, 1.807) is 0 Å². The zero-order valence-corrected chi connectivity index (χ0v) is 17.3. The van der Waals surface area contributed by atoms with Gasteiger partial charge in [0.15, 0.2) is 11.5 Å². The molecule has 3 aliphatic heterocycles. The van der Waals surface area contributed by atoms with Gasteiger partial charge in [0.25, 0.3) is 0 Å². The Labute approximate surface area is 173 Å². The Morgan fingerprint density at radius 1 is 1.10 bits per heavy atom. The largest absolute Gasteiger partial charge is 0.451 e. The van der Waals surface area contributed by atoms with Crippen LogP contribution in [0.5, 0.6) is 11.5 Å². The molecular formula is C24H32N2O3. The summed E-state index contributed by atoms with van der Waals surface area (Å²) in [5.74, 6) is 3.02. The Hall–Kier alpha value is -1.82. The van der Waals surface area contributed by atoms with E-state index in [9.17, 15) is 5.11 Å². The Morgan fingerprint density at radius 3 is 2.66 bits per heavy atom. The van der Waals surface area contributed by atoms with Gasteiger partial charge in [0.2, 0.25) is 6.29 Å². The number of hydrogen-bond donors (Lipinski definition) is 1. The molecule has 1 N–H and O–H groups in total. The molecule has 1 aliphatic carbocycles. The SMILES string of the molecule is CC1Oc2cc3c(cc2O1)C(O)N(CCC1CCN(CC2C=CC=CC2)CC1)C3. The second-order valence-electron chi connectivity index (χ2n) is 8.99. The molecule has 29 heavy (non-hydrogen) atoms. The summed E-state index contributed by atoms with van der Waals surface area (Å²) in [5.41, 5.74) is 2.14. The van der Waals surface area contributed by atoms with Crippen LogP contribution in [0.4, 0.5) is 0 Å². The maximum Gasteiger partial charge on any atom is 0.238 e.